The molecule has 12 heavy (non-hydrogen) atoms. The van der Waals surface area contributed by atoms with Gasteiger partial charge in [0.2, 0.25) is 0 Å². The fourth-order valence-electron chi connectivity index (χ4n) is 1.05. The molecule has 0 aliphatic rings. The van der Waals surface area contributed by atoms with Crippen molar-refractivity contribution in [1.29, 1.82) is 0 Å². The van der Waals surface area contributed by atoms with Crippen molar-refractivity contribution < 1.29 is 0 Å². The Morgan fingerprint density at radius 1 is 0.917 bits per heavy atom. The molecule has 0 bridgehead atoms. The summed E-state index contributed by atoms with van der Waals surface area (Å²) in [5.74, 6) is 3.72. The van der Waals surface area contributed by atoms with Crippen LogP contribution in [0.4, 0.5) is 0 Å². The third kappa shape index (κ3) is 10.3. The van der Waals surface area contributed by atoms with Gasteiger partial charge in [0.25, 0.3) is 0 Å². The molecule has 0 nitrogen and oxygen atoms in total. The second-order valence-electron chi connectivity index (χ2n) is 3.24. The van der Waals surface area contributed by atoms with Crippen LogP contribution in [0.2, 0.25) is 0 Å². The summed E-state index contributed by atoms with van der Waals surface area (Å²) in [7, 11) is 0. The standard InChI is InChI=1S/C11H23S/c1-3-5-7-8-9-11-12-10-6-4-2/h11H,3-10H2,1-2H3. The van der Waals surface area contributed by atoms with Gasteiger partial charge in [0.05, 0.1) is 0 Å². The lowest BCUT2D eigenvalue weighted by Crippen LogP contribution is -1.79. The van der Waals surface area contributed by atoms with Crippen molar-refractivity contribution in [2.45, 2.75) is 58.8 Å². The quantitative estimate of drug-likeness (QED) is 0.473. The van der Waals surface area contributed by atoms with Gasteiger partial charge in [0.1, 0.15) is 0 Å². The molecule has 0 aromatic rings. The number of hydrogen-bond acceptors (Lipinski definition) is 1. The molecule has 1 radical (unpaired) electrons. The minimum absolute atomic E-state index is 1.31. The average molecular weight is 187 g/mol. The number of rotatable bonds is 9. The van der Waals surface area contributed by atoms with Crippen molar-refractivity contribution in [1.82, 2.24) is 0 Å². The Labute approximate surface area is 82.5 Å². The van der Waals surface area contributed by atoms with Crippen molar-refractivity contribution in [2.75, 3.05) is 5.75 Å². The Balaban J connectivity index is 2.73. The molecule has 1 heteroatoms. The zero-order valence-electron chi connectivity index (χ0n) is 8.64. The second kappa shape index (κ2) is 11.4. The lowest BCUT2D eigenvalue weighted by Gasteiger charge is -1.99. The van der Waals surface area contributed by atoms with Crippen LogP contribution < -0.4 is 0 Å². The van der Waals surface area contributed by atoms with Crippen molar-refractivity contribution in [3.05, 3.63) is 5.75 Å². The minimum Gasteiger partial charge on any atom is -0.157 e. The normalized spacial score (nSPS) is 10.5. The van der Waals surface area contributed by atoms with Gasteiger partial charge in [0, 0.05) is 5.75 Å². The highest BCUT2D eigenvalue weighted by Gasteiger charge is 1.90. The molecule has 0 heterocycles. The molecule has 0 fully saturated rings. The third-order valence-electron chi connectivity index (χ3n) is 1.91. The fraction of sp³-hybridized carbons (Fsp3) is 0.909. The van der Waals surface area contributed by atoms with E-state index in [9.17, 15) is 0 Å². The molecule has 0 saturated heterocycles. The minimum atomic E-state index is 1.31. The van der Waals surface area contributed by atoms with E-state index in [0.717, 1.165) is 0 Å². The Morgan fingerprint density at radius 3 is 2.33 bits per heavy atom. The van der Waals surface area contributed by atoms with E-state index in [1.54, 1.807) is 0 Å². The maximum atomic E-state index is 2.39. The predicted molar refractivity (Wildman–Crippen MR) is 60.4 cm³/mol. The van der Waals surface area contributed by atoms with Crippen LogP contribution in [0.1, 0.15) is 58.8 Å². The van der Waals surface area contributed by atoms with Gasteiger partial charge in [-0.25, -0.2) is 0 Å². The van der Waals surface area contributed by atoms with Gasteiger partial charge in [-0.2, -0.15) is 11.8 Å². The summed E-state index contributed by atoms with van der Waals surface area (Å²) in [5.41, 5.74) is 0. The summed E-state index contributed by atoms with van der Waals surface area (Å²) in [6, 6.07) is 0. The lowest BCUT2D eigenvalue weighted by molar-refractivity contribution is 0.671. The molecule has 0 amide bonds. The first-order valence-electron chi connectivity index (χ1n) is 5.35. The smallest absolute Gasteiger partial charge is 0.0166 e. The van der Waals surface area contributed by atoms with E-state index in [1.807, 2.05) is 11.8 Å². The summed E-state index contributed by atoms with van der Waals surface area (Å²) < 4.78 is 0. The molecule has 0 saturated carbocycles. The highest BCUT2D eigenvalue weighted by atomic mass is 32.2. The molecule has 0 unspecified atom stereocenters. The molecule has 0 aromatic carbocycles. The summed E-state index contributed by atoms with van der Waals surface area (Å²) >= 11 is 2.01. The number of hydrogen-bond donors (Lipinski definition) is 0. The molecule has 0 N–H and O–H groups in total. The van der Waals surface area contributed by atoms with Gasteiger partial charge < -0.3 is 0 Å². The van der Waals surface area contributed by atoms with Crippen LogP contribution in [0, 0.1) is 5.75 Å². The van der Waals surface area contributed by atoms with Crippen molar-refractivity contribution in [3.8, 4) is 0 Å². The first-order valence-corrected chi connectivity index (χ1v) is 6.40. The highest BCUT2D eigenvalue weighted by Crippen LogP contribution is 2.14. The maximum absolute atomic E-state index is 2.39. The zero-order chi connectivity index (χ0) is 9.07. The fourth-order valence-corrected chi connectivity index (χ4v) is 2.00. The molecular weight excluding hydrogens is 164 g/mol. The number of unbranched alkanes of at least 4 members (excludes halogenated alkanes) is 5. The first kappa shape index (κ1) is 12.3. The van der Waals surface area contributed by atoms with E-state index >= 15 is 0 Å². The van der Waals surface area contributed by atoms with Crippen LogP contribution in [0.25, 0.3) is 0 Å². The Hall–Kier alpha value is 0.350. The molecule has 0 spiro atoms. The molecule has 0 aromatic heterocycles. The van der Waals surface area contributed by atoms with E-state index < -0.39 is 0 Å². The average Bonchev–Trinajstić information content (AvgIpc) is 2.10. The van der Waals surface area contributed by atoms with E-state index in [4.69, 9.17) is 0 Å². The first-order chi connectivity index (χ1) is 5.91. The molecule has 0 rings (SSSR count). The van der Waals surface area contributed by atoms with Gasteiger partial charge >= 0.3 is 0 Å². The second-order valence-corrected chi connectivity index (χ2v) is 4.32. The van der Waals surface area contributed by atoms with Crippen LogP contribution in [-0.4, -0.2) is 5.75 Å². The van der Waals surface area contributed by atoms with Crippen molar-refractivity contribution in [3.63, 3.8) is 0 Å². The van der Waals surface area contributed by atoms with Gasteiger partial charge in [0.15, 0.2) is 0 Å². The maximum Gasteiger partial charge on any atom is 0.0166 e. The summed E-state index contributed by atoms with van der Waals surface area (Å²) in [5, 5.41) is 0. The van der Waals surface area contributed by atoms with E-state index in [-0.39, 0.29) is 0 Å². The summed E-state index contributed by atoms with van der Waals surface area (Å²) in [6.45, 7) is 4.52. The van der Waals surface area contributed by atoms with Crippen molar-refractivity contribution >= 4 is 11.8 Å². The van der Waals surface area contributed by atoms with Crippen LogP contribution >= 0.6 is 11.8 Å². The summed E-state index contributed by atoms with van der Waals surface area (Å²) in [4.78, 5) is 0. The monoisotopic (exact) mass is 187 g/mol. The SMILES string of the molecule is CCCCCC[CH]SCCCC. The Kier molecular flexibility index (Phi) is 11.7. The van der Waals surface area contributed by atoms with Gasteiger partial charge in [-0.15, -0.1) is 0 Å². The third-order valence-corrected chi connectivity index (χ3v) is 2.90. The number of thioether (sulfide) groups is 1. The van der Waals surface area contributed by atoms with E-state index in [1.165, 1.54) is 50.7 Å². The Morgan fingerprint density at radius 2 is 1.67 bits per heavy atom. The lowest BCUT2D eigenvalue weighted by atomic mass is 10.2. The van der Waals surface area contributed by atoms with E-state index in [0.29, 0.717) is 0 Å². The van der Waals surface area contributed by atoms with Crippen LogP contribution in [-0.2, 0) is 0 Å². The van der Waals surface area contributed by atoms with Crippen LogP contribution in [0.5, 0.6) is 0 Å². The highest BCUT2D eigenvalue weighted by molar-refractivity contribution is 8.01. The molecule has 0 aliphatic heterocycles. The molecule has 73 valence electrons. The topological polar surface area (TPSA) is 0 Å². The van der Waals surface area contributed by atoms with Crippen molar-refractivity contribution in [2.24, 2.45) is 0 Å². The van der Waals surface area contributed by atoms with E-state index in [2.05, 4.69) is 19.6 Å². The molecular formula is C11H23S. The van der Waals surface area contributed by atoms with Gasteiger partial charge in [-0.3, -0.25) is 0 Å². The predicted octanol–water partition coefficient (Wildman–Crippen LogP) is 4.65. The molecule has 0 aliphatic carbocycles. The molecule has 0 atom stereocenters. The summed E-state index contributed by atoms with van der Waals surface area (Å²) in [6.07, 6.45) is 9.59. The van der Waals surface area contributed by atoms with Gasteiger partial charge in [-0.1, -0.05) is 46.0 Å². The van der Waals surface area contributed by atoms with Crippen LogP contribution in [0.15, 0.2) is 0 Å². The zero-order valence-corrected chi connectivity index (χ0v) is 9.46. The van der Waals surface area contributed by atoms with Crippen LogP contribution in [0.3, 0.4) is 0 Å². The Bertz CT molecular complexity index is 61.4. The van der Waals surface area contributed by atoms with Gasteiger partial charge in [-0.05, 0) is 18.6 Å². The largest absolute Gasteiger partial charge is 0.157 e.